The Labute approximate surface area is 258 Å². The Bertz CT molecular complexity index is 508. The van der Waals surface area contributed by atoms with Crippen LogP contribution in [0.15, 0.2) is 0 Å². The number of carbonyl (C=O) groups excluding carboxylic acids is 1. The standard InChI is InChI=1S/C37H75NO3/c1-6-9-11-13-15-17-19-21-23-25-27-29-32-38(36(39)35-41-37(4,5)31-34-40-8-3)33-30-28-26-24-22-20-18-16-14-12-10-7-2/h6-35H2,1-5H3. The molecule has 0 saturated heterocycles. The van der Waals surface area contributed by atoms with Crippen molar-refractivity contribution in [3.63, 3.8) is 0 Å². The Morgan fingerprint density at radius 2 is 0.878 bits per heavy atom. The number of nitrogens with zero attached hydrogens (tertiary/aromatic N) is 1. The van der Waals surface area contributed by atoms with Gasteiger partial charge in [-0.15, -0.1) is 0 Å². The molecule has 0 aromatic heterocycles. The molecule has 0 rings (SSSR count). The Hall–Kier alpha value is -0.610. The van der Waals surface area contributed by atoms with Gasteiger partial charge in [-0.2, -0.15) is 0 Å². The zero-order valence-corrected chi connectivity index (χ0v) is 28.9. The van der Waals surface area contributed by atoms with Crippen molar-refractivity contribution in [3.8, 4) is 0 Å². The maximum absolute atomic E-state index is 13.2. The topological polar surface area (TPSA) is 38.8 Å². The van der Waals surface area contributed by atoms with Crippen LogP contribution in [0, 0.1) is 0 Å². The monoisotopic (exact) mass is 582 g/mol. The van der Waals surface area contributed by atoms with Gasteiger partial charge in [-0.1, -0.05) is 155 Å². The summed E-state index contributed by atoms with van der Waals surface area (Å²) in [5, 5.41) is 0. The van der Waals surface area contributed by atoms with Crippen molar-refractivity contribution in [2.24, 2.45) is 0 Å². The van der Waals surface area contributed by atoms with Crippen LogP contribution in [0.1, 0.15) is 195 Å². The molecule has 0 aromatic carbocycles. The summed E-state index contributed by atoms with van der Waals surface area (Å²) < 4.78 is 11.6. The number of hydrogen-bond donors (Lipinski definition) is 0. The van der Waals surface area contributed by atoms with Crippen LogP contribution in [0.4, 0.5) is 0 Å². The molecule has 0 fully saturated rings. The van der Waals surface area contributed by atoms with Crippen molar-refractivity contribution in [2.45, 2.75) is 201 Å². The molecule has 246 valence electrons. The van der Waals surface area contributed by atoms with Crippen molar-refractivity contribution >= 4 is 5.91 Å². The van der Waals surface area contributed by atoms with E-state index in [4.69, 9.17) is 9.47 Å². The molecule has 0 N–H and O–H groups in total. The maximum atomic E-state index is 13.2. The van der Waals surface area contributed by atoms with Gasteiger partial charge in [0.15, 0.2) is 0 Å². The second kappa shape index (κ2) is 30.8. The second-order valence-electron chi connectivity index (χ2n) is 13.2. The van der Waals surface area contributed by atoms with Crippen LogP contribution in [-0.2, 0) is 14.3 Å². The van der Waals surface area contributed by atoms with E-state index in [1.807, 2.05) is 6.92 Å². The van der Waals surface area contributed by atoms with E-state index in [1.54, 1.807) is 0 Å². The highest BCUT2D eigenvalue weighted by atomic mass is 16.5. The van der Waals surface area contributed by atoms with E-state index < -0.39 is 0 Å². The van der Waals surface area contributed by atoms with Gasteiger partial charge in [-0.05, 0) is 40.0 Å². The van der Waals surface area contributed by atoms with Gasteiger partial charge in [-0.3, -0.25) is 4.79 Å². The first-order valence-electron chi connectivity index (χ1n) is 18.5. The summed E-state index contributed by atoms with van der Waals surface area (Å²) in [7, 11) is 0. The third kappa shape index (κ3) is 29.2. The van der Waals surface area contributed by atoms with Gasteiger partial charge in [-0.25, -0.2) is 0 Å². The summed E-state index contributed by atoms with van der Waals surface area (Å²) >= 11 is 0. The van der Waals surface area contributed by atoms with E-state index in [-0.39, 0.29) is 18.1 Å². The molecule has 0 saturated carbocycles. The summed E-state index contributed by atoms with van der Waals surface area (Å²) in [6.07, 6.45) is 33.2. The van der Waals surface area contributed by atoms with Gasteiger partial charge in [0.05, 0.1) is 5.60 Å². The number of ether oxygens (including phenoxy) is 2. The molecule has 0 heterocycles. The Balaban J connectivity index is 4.21. The fraction of sp³-hybridized carbons (Fsp3) is 0.973. The molecule has 0 aromatic rings. The highest BCUT2D eigenvalue weighted by Crippen LogP contribution is 2.17. The van der Waals surface area contributed by atoms with Gasteiger partial charge < -0.3 is 14.4 Å². The highest BCUT2D eigenvalue weighted by molar-refractivity contribution is 5.77. The number of hydrogen-bond acceptors (Lipinski definition) is 3. The second-order valence-corrected chi connectivity index (χ2v) is 13.2. The van der Waals surface area contributed by atoms with E-state index >= 15 is 0 Å². The number of unbranched alkanes of at least 4 members (excludes halogenated alkanes) is 22. The quantitative estimate of drug-likeness (QED) is 0.0723. The third-order valence-electron chi connectivity index (χ3n) is 8.55. The van der Waals surface area contributed by atoms with Crippen LogP contribution in [0.3, 0.4) is 0 Å². The predicted molar refractivity (Wildman–Crippen MR) is 180 cm³/mol. The molecule has 0 aliphatic carbocycles. The van der Waals surface area contributed by atoms with Crippen molar-refractivity contribution in [3.05, 3.63) is 0 Å². The Morgan fingerprint density at radius 1 is 0.537 bits per heavy atom. The molecule has 0 aliphatic heterocycles. The van der Waals surface area contributed by atoms with Crippen LogP contribution < -0.4 is 0 Å². The Kier molecular flexibility index (Phi) is 30.4. The third-order valence-corrected chi connectivity index (χ3v) is 8.55. The number of rotatable bonds is 33. The maximum Gasteiger partial charge on any atom is 0.248 e. The van der Waals surface area contributed by atoms with E-state index in [2.05, 4.69) is 32.6 Å². The minimum atomic E-state index is -0.331. The predicted octanol–water partition coefficient (Wildman–Crippen LogP) is 11.4. The van der Waals surface area contributed by atoms with Crippen molar-refractivity contribution in [2.75, 3.05) is 32.9 Å². The van der Waals surface area contributed by atoms with Crippen LogP contribution in [0.25, 0.3) is 0 Å². The van der Waals surface area contributed by atoms with Crippen molar-refractivity contribution < 1.29 is 14.3 Å². The van der Waals surface area contributed by atoms with E-state index in [1.165, 1.54) is 141 Å². The van der Waals surface area contributed by atoms with Gasteiger partial charge in [0, 0.05) is 26.3 Å². The van der Waals surface area contributed by atoms with Crippen LogP contribution >= 0.6 is 0 Å². The average Bonchev–Trinajstić information content (AvgIpc) is 2.96. The lowest BCUT2D eigenvalue weighted by molar-refractivity contribution is -0.143. The minimum Gasteiger partial charge on any atom is -0.382 e. The van der Waals surface area contributed by atoms with Crippen LogP contribution in [-0.4, -0.2) is 49.3 Å². The first-order chi connectivity index (χ1) is 20.0. The highest BCUT2D eigenvalue weighted by Gasteiger charge is 2.22. The molecule has 0 spiro atoms. The van der Waals surface area contributed by atoms with Crippen molar-refractivity contribution in [1.29, 1.82) is 0 Å². The van der Waals surface area contributed by atoms with Crippen LogP contribution in [0.5, 0.6) is 0 Å². The molecule has 0 radical (unpaired) electrons. The number of carbonyl (C=O) groups is 1. The van der Waals surface area contributed by atoms with Gasteiger partial charge >= 0.3 is 0 Å². The molecule has 0 bridgehead atoms. The van der Waals surface area contributed by atoms with E-state index in [9.17, 15) is 4.79 Å². The van der Waals surface area contributed by atoms with Gasteiger partial charge in [0.25, 0.3) is 0 Å². The molecular formula is C37H75NO3. The lowest BCUT2D eigenvalue weighted by Crippen LogP contribution is -2.38. The average molecular weight is 582 g/mol. The normalized spacial score (nSPS) is 11.8. The zero-order chi connectivity index (χ0) is 30.3. The molecule has 4 heteroatoms. The first-order valence-corrected chi connectivity index (χ1v) is 18.5. The molecule has 41 heavy (non-hydrogen) atoms. The molecule has 1 amide bonds. The summed E-state index contributed by atoms with van der Waals surface area (Å²) in [6.45, 7) is 14.1. The molecule has 4 nitrogen and oxygen atoms in total. The Morgan fingerprint density at radius 3 is 1.22 bits per heavy atom. The van der Waals surface area contributed by atoms with Crippen LogP contribution in [0.2, 0.25) is 0 Å². The summed E-state index contributed by atoms with van der Waals surface area (Å²) in [4.78, 5) is 15.3. The SMILES string of the molecule is CCCCCCCCCCCCCCN(CCCCCCCCCCCCCC)C(=O)COC(C)(C)CCOCC. The van der Waals surface area contributed by atoms with Gasteiger partial charge in [0.2, 0.25) is 5.91 Å². The zero-order valence-electron chi connectivity index (χ0n) is 28.9. The first kappa shape index (κ1) is 40.4. The summed E-state index contributed by atoms with van der Waals surface area (Å²) in [6, 6.07) is 0. The minimum absolute atomic E-state index is 0.167. The van der Waals surface area contributed by atoms with Gasteiger partial charge in [0.1, 0.15) is 6.61 Å². The molecular weight excluding hydrogens is 506 g/mol. The summed E-state index contributed by atoms with van der Waals surface area (Å²) in [5.74, 6) is 0.167. The summed E-state index contributed by atoms with van der Waals surface area (Å²) in [5.41, 5.74) is -0.331. The fourth-order valence-corrected chi connectivity index (χ4v) is 5.53. The van der Waals surface area contributed by atoms with E-state index in [0.717, 1.165) is 39.0 Å². The lowest BCUT2D eigenvalue weighted by atomic mass is 10.0. The smallest absolute Gasteiger partial charge is 0.248 e. The molecule has 0 aliphatic rings. The van der Waals surface area contributed by atoms with Crippen molar-refractivity contribution in [1.82, 2.24) is 4.90 Å². The largest absolute Gasteiger partial charge is 0.382 e. The molecule has 0 unspecified atom stereocenters. The fourth-order valence-electron chi connectivity index (χ4n) is 5.53. The lowest BCUT2D eigenvalue weighted by Gasteiger charge is -2.28. The number of amides is 1. The van der Waals surface area contributed by atoms with E-state index in [0.29, 0.717) is 6.61 Å². The molecule has 0 atom stereocenters.